The molecule has 0 radical (unpaired) electrons. The van der Waals surface area contributed by atoms with Crippen LogP contribution in [0.3, 0.4) is 0 Å². The van der Waals surface area contributed by atoms with E-state index in [0.29, 0.717) is 0 Å². The number of aliphatic imine (C=N–C) groups is 1. The monoisotopic (exact) mass is 534 g/mol. The van der Waals surface area contributed by atoms with Crippen LogP contribution in [0.5, 0.6) is 0 Å². The molecule has 0 fully saturated rings. The molecule has 6 rings (SSSR count). The van der Waals surface area contributed by atoms with Crippen molar-refractivity contribution in [3.8, 4) is 11.1 Å². The minimum absolute atomic E-state index is 0.0886. The number of nitrogens with one attached hydrogen (secondary N) is 2. The van der Waals surface area contributed by atoms with Crippen LogP contribution in [0.2, 0.25) is 0 Å². The summed E-state index contributed by atoms with van der Waals surface area (Å²) >= 11 is 3.43. The highest BCUT2D eigenvalue weighted by atomic mass is 32.2. The fraction of sp³-hybridized carbons (Fsp3) is 0.188. The molecule has 1 aliphatic carbocycles. The summed E-state index contributed by atoms with van der Waals surface area (Å²) in [5.41, 5.74) is 12.9. The van der Waals surface area contributed by atoms with Crippen molar-refractivity contribution in [1.29, 1.82) is 0 Å². The molecule has 2 aromatic carbocycles. The average Bonchev–Trinajstić information content (AvgIpc) is 3.57. The Bertz CT molecular complexity index is 1550. The van der Waals surface area contributed by atoms with E-state index in [1.807, 2.05) is 17.0 Å². The van der Waals surface area contributed by atoms with Crippen LogP contribution in [0.1, 0.15) is 41.1 Å². The molecule has 38 heavy (non-hydrogen) atoms. The zero-order valence-corrected chi connectivity index (χ0v) is 23.3. The number of fused-ring (bicyclic) bond motifs is 3. The second-order valence-corrected chi connectivity index (χ2v) is 12.0. The molecule has 3 heterocycles. The molecule has 3 aliphatic rings. The van der Waals surface area contributed by atoms with Crippen molar-refractivity contribution in [1.82, 2.24) is 15.6 Å². The Kier molecular flexibility index (Phi) is 6.68. The van der Waals surface area contributed by atoms with Gasteiger partial charge in [0.2, 0.25) is 0 Å². The Labute approximate surface area is 232 Å². The van der Waals surface area contributed by atoms with Crippen LogP contribution in [-0.4, -0.2) is 30.5 Å². The molecule has 4 nitrogen and oxygen atoms in total. The van der Waals surface area contributed by atoms with Crippen LogP contribution >= 0.6 is 23.1 Å². The van der Waals surface area contributed by atoms with E-state index >= 15 is 0 Å². The number of thiazole rings is 1. The summed E-state index contributed by atoms with van der Waals surface area (Å²) in [6, 6.07) is 13.9. The highest BCUT2D eigenvalue weighted by Crippen LogP contribution is 2.50. The summed E-state index contributed by atoms with van der Waals surface area (Å²) in [6.45, 7) is 9.88. The van der Waals surface area contributed by atoms with Gasteiger partial charge in [0.15, 0.2) is 0 Å². The highest BCUT2D eigenvalue weighted by molar-refractivity contribution is 8.02. The number of hydrogen-bond donors (Lipinski definition) is 2. The number of allylic oxidation sites excluding steroid dienone is 4. The van der Waals surface area contributed by atoms with Gasteiger partial charge in [-0.2, -0.15) is 0 Å². The van der Waals surface area contributed by atoms with Gasteiger partial charge in [-0.1, -0.05) is 44.2 Å². The maximum Gasteiger partial charge on any atom is 0.121 e. The van der Waals surface area contributed by atoms with E-state index in [1.165, 1.54) is 55.7 Å². The standard InChI is InChI=1S/C32H30N4S2/c1-32(2)29-14-22(24-12-21(16-34-17-24)20-37-10-8-33-3)4-6-27(29)28-7-5-23(15-30(28)32)25-13-26(19-35-18-25)31-36-9-11-38-31/h4-15,17-18,34-35H,3,16,19-20H2,1-2H3/b10-8-. The summed E-state index contributed by atoms with van der Waals surface area (Å²) in [7, 11) is 0. The normalized spacial score (nSPS) is 17.4. The van der Waals surface area contributed by atoms with Gasteiger partial charge >= 0.3 is 0 Å². The zero-order valence-electron chi connectivity index (χ0n) is 21.6. The van der Waals surface area contributed by atoms with Gasteiger partial charge < -0.3 is 10.6 Å². The molecule has 3 aromatic rings. The Morgan fingerprint density at radius 3 is 2.34 bits per heavy atom. The first-order valence-electron chi connectivity index (χ1n) is 12.7. The molecule has 0 spiro atoms. The molecule has 190 valence electrons. The predicted molar refractivity (Wildman–Crippen MR) is 165 cm³/mol. The summed E-state index contributed by atoms with van der Waals surface area (Å²) in [4.78, 5) is 8.29. The van der Waals surface area contributed by atoms with Crippen molar-refractivity contribution in [3.63, 3.8) is 0 Å². The molecule has 0 saturated carbocycles. The van der Waals surface area contributed by atoms with E-state index < -0.39 is 0 Å². The molecule has 0 saturated heterocycles. The lowest BCUT2D eigenvalue weighted by molar-refractivity contribution is 0.660. The third-order valence-electron chi connectivity index (χ3n) is 7.41. The van der Waals surface area contributed by atoms with Crippen LogP contribution in [0.15, 0.2) is 94.7 Å². The van der Waals surface area contributed by atoms with E-state index in [4.69, 9.17) is 0 Å². The van der Waals surface area contributed by atoms with Gasteiger partial charge in [-0.3, -0.25) is 4.99 Å². The van der Waals surface area contributed by atoms with Crippen molar-refractivity contribution in [2.24, 2.45) is 4.99 Å². The zero-order chi connectivity index (χ0) is 26.1. The number of aromatic nitrogens is 1. The van der Waals surface area contributed by atoms with E-state index in [1.54, 1.807) is 29.3 Å². The van der Waals surface area contributed by atoms with E-state index in [0.717, 1.165) is 23.8 Å². The molecule has 0 bridgehead atoms. The lowest BCUT2D eigenvalue weighted by atomic mass is 9.80. The quantitative estimate of drug-likeness (QED) is 0.314. The summed E-state index contributed by atoms with van der Waals surface area (Å²) < 4.78 is 0. The first-order valence-corrected chi connectivity index (χ1v) is 14.7. The van der Waals surface area contributed by atoms with Gasteiger partial charge in [-0.15, -0.1) is 23.1 Å². The number of hydrogen-bond acceptors (Lipinski definition) is 6. The predicted octanol–water partition coefficient (Wildman–Crippen LogP) is 7.25. The van der Waals surface area contributed by atoms with Crippen LogP contribution < -0.4 is 10.6 Å². The van der Waals surface area contributed by atoms with E-state index in [-0.39, 0.29) is 5.41 Å². The van der Waals surface area contributed by atoms with Crippen molar-refractivity contribution < 1.29 is 0 Å². The van der Waals surface area contributed by atoms with Crippen LogP contribution in [-0.2, 0) is 5.41 Å². The Hall–Kier alpha value is -3.61. The molecule has 2 aliphatic heterocycles. The molecule has 2 N–H and O–H groups in total. The Morgan fingerprint density at radius 1 is 1.00 bits per heavy atom. The van der Waals surface area contributed by atoms with Crippen molar-refractivity contribution >= 4 is 46.5 Å². The third kappa shape index (κ3) is 4.59. The minimum Gasteiger partial charge on any atom is -0.387 e. The van der Waals surface area contributed by atoms with Gasteiger partial charge in [0, 0.05) is 60.0 Å². The highest BCUT2D eigenvalue weighted by Gasteiger charge is 2.36. The first kappa shape index (κ1) is 24.7. The number of dihydropyridines is 2. The van der Waals surface area contributed by atoms with E-state index in [9.17, 15) is 0 Å². The topological polar surface area (TPSA) is 49.3 Å². The van der Waals surface area contributed by atoms with Gasteiger partial charge in [0.25, 0.3) is 0 Å². The average molecular weight is 535 g/mol. The van der Waals surface area contributed by atoms with Crippen LogP contribution in [0.4, 0.5) is 0 Å². The van der Waals surface area contributed by atoms with Gasteiger partial charge in [0.05, 0.1) is 0 Å². The van der Waals surface area contributed by atoms with Gasteiger partial charge in [0.1, 0.15) is 5.01 Å². The summed E-state index contributed by atoms with van der Waals surface area (Å²) in [6.07, 6.45) is 12.5. The molecular weight excluding hydrogens is 505 g/mol. The summed E-state index contributed by atoms with van der Waals surface area (Å²) in [5, 5.41) is 12.0. The number of nitrogens with zero attached hydrogens (tertiary/aromatic N) is 2. The molecule has 0 amide bonds. The van der Waals surface area contributed by atoms with Crippen LogP contribution in [0, 0.1) is 0 Å². The third-order valence-corrected chi connectivity index (χ3v) is 9.11. The lowest BCUT2D eigenvalue weighted by Gasteiger charge is -2.23. The minimum atomic E-state index is -0.0886. The second kappa shape index (κ2) is 10.3. The fourth-order valence-electron chi connectivity index (χ4n) is 5.44. The number of rotatable bonds is 7. The maximum atomic E-state index is 4.51. The number of thioether (sulfide) groups is 1. The SMILES string of the molecule is C=N/C=C\SCC1=CC(c2ccc3c(c2)C(C)(C)c2cc(C4=CNCC(c5nccs5)=C4)ccc2-3)=CNC1. The molecule has 1 aromatic heterocycles. The second-order valence-electron chi connectivity index (χ2n) is 10.2. The lowest BCUT2D eigenvalue weighted by Crippen LogP contribution is -2.17. The Balaban J connectivity index is 1.29. The van der Waals surface area contributed by atoms with Gasteiger partial charge in [-0.05, 0) is 80.4 Å². The largest absolute Gasteiger partial charge is 0.387 e. The fourth-order valence-corrected chi connectivity index (χ4v) is 6.76. The number of benzene rings is 2. The van der Waals surface area contributed by atoms with Crippen LogP contribution in [0.25, 0.3) is 27.8 Å². The van der Waals surface area contributed by atoms with Crippen molar-refractivity contribution in [3.05, 3.63) is 117 Å². The van der Waals surface area contributed by atoms with Crippen molar-refractivity contribution in [2.45, 2.75) is 19.3 Å². The summed E-state index contributed by atoms with van der Waals surface area (Å²) in [5.74, 6) is 0.935. The maximum absolute atomic E-state index is 4.51. The molecule has 0 unspecified atom stereocenters. The van der Waals surface area contributed by atoms with Crippen molar-refractivity contribution in [2.75, 3.05) is 18.8 Å². The molecule has 6 heteroatoms. The molecule has 0 atom stereocenters. The first-order chi connectivity index (χ1) is 18.5. The smallest absolute Gasteiger partial charge is 0.121 e. The Morgan fingerprint density at radius 2 is 1.68 bits per heavy atom. The van der Waals surface area contributed by atoms with E-state index in [2.05, 4.69) is 102 Å². The molecular formula is C32H30N4S2. The van der Waals surface area contributed by atoms with Gasteiger partial charge in [-0.25, -0.2) is 4.98 Å².